The van der Waals surface area contributed by atoms with Crippen LogP contribution in [0.15, 0.2) is 12.2 Å². The molecule has 0 atom stereocenters. The smallest absolute Gasteiger partial charge is 0 e. The van der Waals surface area contributed by atoms with Gasteiger partial charge >= 0.3 is 0 Å². The Bertz CT molecular complexity index is 87.2. The largest absolute Gasteiger partial charge is 0.242 e. The van der Waals surface area contributed by atoms with E-state index in [0.29, 0.717) is 5.41 Å². The van der Waals surface area contributed by atoms with Crippen molar-refractivity contribution in [3.05, 3.63) is 19.1 Å². The van der Waals surface area contributed by atoms with Crippen LogP contribution in [0.25, 0.3) is 0 Å². The summed E-state index contributed by atoms with van der Waals surface area (Å²) in [6.45, 7) is 14.0. The molecule has 0 spiro atoms. The van der Waals surface area contributed by atoms with Crippen molar-refractivity contribution in [3.63, 3.8) is 0 Å². The van der Waals surface area contributed by atoms with E-state index in [9.17, 15) is 0 Å². The summed E-state index contributed by atoms with van der Waals surface area (Å²) in [7, 11) is 0. The summed E-state index contributed by atoms with van der Waals surface area (Å²) >= 11 is 0. The quantitative estimate of drug-likeness (QED) is 0.468. The molecule has 0 aliphatic rings. The predicted molar refractivity (Wildman–Crippen MR) is 38.6 cm³/mol. The van der Waals surface area contributed by atoms with Crippen molar-refractivity contribution in [2.45, 2.75) is 27.2 Å². The van der Waals surface area contributed by atoms with Crippen molar-refractivity contribution in [2.75, 3.05) is 0 Å². The first kappa shape index (κ1) is 12.0. The van der Waals surface area contributed by atoms with Gasteiger partial charge in [0.2, 0.25) is 0 Å². The van der Waals surface area contributed by atoms with E-state index in [2.05, 4.69) is 34.3 Å². The molecular formula is C8H15Pd-. The van der Waals surface area contributed by atoms with Gasteiger partial charge in [-0.2, -0.15) is 0 Å². The van der Waals surface area contributed by atoms with Gasteiger partial charge in [-0.15, -0.1) is 0 Å². The van der Waals surface area contributed by atoms with Crippen LogP contribution in [0.3, 0.4) is 0 Å². The molecule has 0 aliphatic heterocycles. The third-order valence-corrected chi connectivity index (χ3v) is 0.780. The minimum absolute atomic E-state index is 0. The van der Waals surface area contributed by atoms with Crippen LogP contribution in [0.4, 0.5) is 0 Å². The van der Waals surface area contributed by atoms with E-state index in [0.717, 1.165) is 12.0 Å². The molecule has 0 N–H and O–H groups in total. The standard InChI is InChI=1S/C8H15.Pd/c1-7(2)6-8(3,4)5;/h1-2,6H2,3-5H3;/q-1;. The molecule has 1 heteroatoms. The second-order valence-electron chi connectivity index (χ2n) is 3.49. The average Bonchev–Trinajstić information content (AvgIpc) is 1.21. The van der Waals surface area contributed by atoms with Gasteiger partial charge < -0.3 is 0 Å². The van der Waals surface area contributed by atoms with Gasteiger partial charge in [-0.05, 0) is 5.41 Å². The van der Waals surface area contributed by atoms with Gasteiger partial charge in [0.25, 0.3) is 0 Å². The first-order valence-corrected chi connectivity index (χ1v) is 2.91. The van der Waals surface area contributed by atoms with Crippen LogP contribution in [0.2, 0.25) is 0 Å². The molecule has 0 nitrogen and oxygen atoms in total. The molecule has 9 heavy (non-hydrogen) atoms. The molecule has 0 aliphatic carbocycles. The summed E-state index contributed by atoms with van der Waals surface area (Å²) in [6.07, 6.45) is 1.02. The van der Waals surface area contributed by atoms with Gasteiger partial charge in [0.1, 0.15) is 0 Å². The molecule has 0 aromatic heterocycles. The Balaban J connectivity index is 0. The van der Waals surface area contributed by atoms with E-state index in [1.54, 1.807) is 0 Å². The maximum Gasteiger partial charge on any atom is 0 e. The zero-order valence-corrected chi connectivity index (χ0v) is 7.99. The van der Waals surface area contributed by atoms with Gasteiger partial charge in [0.05, 0.1) is 0 Å². The first-order chi connectivity index (χ1) is 3.42. The third kappa shape index (κ3) is 11.7. The summed E-state index contributed by atoms with van der Waals surface area (Å²) in [5.74, 6) is 0. The monoisotopic (exact) mass is 217 g/mol. The van der Waals surface area contributed by atoms with E-state index in [-0.39, 0.29) is 20.4 Å². The van der Waals surface area contributed by atoms with Crippen LogP contribution in [-0.4, -0.2) is 0 Å². The molecule has 0 aromatic carbocycles. The molecule has 0 aromatic rings. The van der Waals surface area contributed by atoms with Crippen molar-refractivity contribution in [1.29, 1.82) is 0 Å². The van der Waals surface area contributed by atoms with Crippen molar-refractivity contribution < 1.29 is 20.4 Å². The Morgan fingerprint density at radius 1 is 1.44 bits per heavy atom. The summed E-state index contributed by atoms with van der Waals surface area (Å²) in [6, 6.07) is 0. The van der Waals surface area contributed by atoms with Crippen LogP contribution >= 0.6 is 0 Å². The van der Waals surface area contributed by atoms with E-state index in [1.165, 1.54) is 0 Å². The summed E-state index contributed by atoms with van der Waals surface area (Å²) in [5, 5.41) is 0. The fourth-order valence-corrected chi connectivity index (χ4v) is 0.750. The second kappa shape index (κ2) is 4.15. The second-order valence-corrected chi connectivity index (χ2v) is 3.49. The van der Waals surface area contributed by atoms with Gasteiger partial charge in [0.15, 0.2) is 0 Å². The normalized spacial score (nSPS) is 10.1. The van der Waals surface area contributed by atoms with Crippen LogP contribution < -0.4 is 0 Å². The molecule has 0 bridgehead atoms. The fraction of sp³-hybridized carbons (Fsp3) is 0.625. The van der Waals surface area contributed by atoms with Crippen LogP contribution in [0.5, 0.6) is 0 Å². The van der Waals surface area contributed by atoms with Crippen molar-refractivity contribution in [3.8, 4) is 0 Å². The molecule has 0 heterocycles. The zero-order chi connectivity index (χ0) is 6.78. The van der Waals surface area contributed by atoms with Crippen molar-refractivity contribution in [2.24, 2.45) is 5.41 Å². The van der Waals surface area contributed by atoms with E-state index in [1.807, 2.05) is 0 Å². The Hall–Kier alpha value is 0.272. The molecule has 0 radical (unpaired) electrons. The molecule has 0 rings (SSSR count). The predicted octanol–water partition coefficient (Wildman–Crippen LogP) is 2.81. The number of hydrogen-bond acceptors (Lipinski definition) is 0. The van der Waals surface area contributed by atoms with Gasteiger partial charge in [-0.3, -0.25) is 0 Å². The number of allylic oxidation sites excluding steroid dienone is 1. The molecule has 0 unspecified atom stereocenters. The van der Waals surface area contributed by atoms with E-state index >= 15 is 0 Å². The summed E-state index contributed by atoms with van der Waals surface area (Å²) in [4.78, 5) is 0. The number of rotatable bonds is 1. The van der Waals surface area contributed by atoms with Crippen LogP contribution in [0.1, 0.15) is 27.2 Å². The maximum absolute atomic E-state index is 3.73. The Morgan fingerprint density at radius 3 is 1.78 bits per heavy atom. The maximum atomic E-state index is 3.73. The Labute approximate surface area is 72.4 Å². The van der Waals surface area contributed by atoms with Gasteiger partial charge in [0, 0.05) is 20.4 Å². The molecular weight excluding hydrogens is 203 g/mol. The molecule has 0 fully saturated rings. The van der Waals surface area contributed by atoms with Crippen molar-refractivity contribution in [1.82, 2.24) is 0 Å². The zero-order valence-electron chi connectivity index (χ0n) is 6.44. The van der Waals surface area contributed by atoms with E-state index < -0.39 is 0 Å². The fourth-order valence-electron chi connectivity index (χ4n) is 0.750. The summed E-state index contributed by atoms with van der Waals surface area (Å²) < 4.78 is 0. The average molecular weight is 218 g/mol. The molecule has 0 saturated heterocycles. The first-order valence-electron chi connectivity index (χ1n) is 2.91. The van der Waals surface area contributed by atoms with Gasteiger partial charge in [-0.1, -0.05) is 27.2 Å². The topological polar surface area (TPSA) is 0 Å². The third-order valence-electron chi connectivity index (χ3n) is 0.780. The van der Waals surface area contributed by atoms with Crippen LogP contribution in [0, 0.1) is 12.3 Å². The molecule has 0 saturated carbocycles. The van der Waals surface area contributed by atoms with E-state index in [4.69, 9.17) is 0 Å². The minimum Gasteiger partial charge on any atom is -0.242 e. The minimum atomic E-state index is 0. The molecule has 58 valence electrons. The molecule has 0 amide bonds. The number of hydrogen-bond donors (Lipinski definition) is 0. The summed E-state index contributed by atoms with van der Waals surface area (Å²) in [5.41, 5.74) is 1.39. The Kier molecular flexibility index (Phi) is 5.53. The van der Waals surface area contributed by atoms with Gasteiger partial charge in [-0.25, -0.2) is 19.1 Å². The van der Waals surface area contributed by atoms with Crippen LogP contribution in [-0.2, 0) is 20.4 Å². The van der Waals surface area contributed by atoms with Crippen molar-refractivity contribution >= 4 is 0 Å². The SMILES string of the molecule is C=C([CH2-])CC(C)(C)C.[Pd]. The Morgan fingerprint density at radius 2 is 1.78 bits per heavy atom.